The molecule has 0 saturated carbocycles. The van der Waals surface area contributed by atoms with Gasteiger partial charge in [0.15, 0.2) is 0 Å². The lowest BCUT2D eigenvalue weighted by Crippen LogP contribution is -2.30. The molecule has 3 N–H and O–H groups in total. The van der Waals surface area contributed by atoms with Crippen LogP contribution in [-0.2, 0) is 0 Å². The van der Waals surface area contributed by atoms with Crippen LogP contribution in [0.3, 0.4) is 0 Å². The average Bonchev–Trinajstić information content (AvgIpc) is 2.48. The van der Waals surface area contributed by atoms with Gasteiger partial charge >= 0.3 is 0 Å². The first-order valence-corrected chi connectivity index (χ1v) is 6.84. The van der Waals surface area contributed by atoms with Gasteiger partial charge in [-0.25, -0.2) is 9.82 Å². The maximum atomic E-state index is 14.3. The molecule has 0 aliphatic rings. The Kier molecular flexibility index (Phi) is 4.93. The van der Waals surface area contributed by atoms with Crippen molar-refractivity contribution in [3.05, 3.63) is 57.0 Å². The van der Waals surface area contributed by atoms with Gasteiger partial charge < -0.3 is 4.74 Å². The molecule has 0 bridgehead atoms. The Morgan fingerprint density at radius 2 is 2.15 bits per heavy atom. The molecule has 0 radical (unpaired) electrons. The maximum Gasteiger partial charge on any atom is 0.148 e. The number of halogens is 3. The minimum Gasteiger partial charge on any atom is -0.495 e. The highest BCUT2D eigenvalue weighted by Crippen LogP contribution is 2.35. The van der Waals surface area contributed by atoms with Crippen molar-refractivity contribution in [2.45, 2.75) is 6.04 Å². The number of aromatic nitrogens is 1. The van der Waals surface area contributed by atoms with E-state index in [0.29, 0.717) is 21.3 Å². The van der Waals surface area contributed by atoms with Crippen molar-refractivity contribution in [1.29, 1.82) is 0 Å². The van der Waals surface area contributed by atoms with Gasteiger partial charge in [0.1, 0.15) is 11.6 Å². The molecule has 0 amide bonds. The average molecular weight is 361 g/mol. The molecule has 0 fully saturated rings. The molecule has 0 saturated heterocycles. The highest BCUT2D eigenvalue weighted by Gasteiger charge is 2.22. The summed E-state index contributed by atoms with van der Waals surface area (Å²) in [6.07, 6.45) is 3.12. The summed E-state index contributed by atoms with van der Waals surface area (Å²) in [5.74, 6) is 5.54. The summed E-state index contributed by atoms with van der Waals surface area (Å²) in [5.41, 5.74) is 3.57. The number of methoxy groups -OCH3 is 1. The lowest BCUT2D eigenvalue weighted by Gasteiger charge is -2.20. The van der Waals surface area contributed by atoms with Crippen LogP contribution >= 0.6 is 27.5 Å². The number of pyridine rings is 1. The standard InChI is InChI=1S/C13H12BrClFN3O/c1-20-10-6-18-5-4-7(10)13(19-17)8-2-3-9(14)11(15)12(8)16/h2-6,13,19H,17H2,1H3. The summed E-state index contributed by atoms with van der Waals surface area (Å²) >= 11 is 9.09. The van der Waals surface area contributed by atoms with E-state index in [2.05, 4.69) is 26.3 Å². The molecule has 20 heavy (non-hydrogen) atoms. The molecular formula is C13H12BrClFN3O. The normalized spacial score (nSPS) is 12.2. The van der Waals surface area contributed by atoms with Gasteiger partial charge in [0.2, 0.25) is 0 Å². The van der Waals surface area contributed by atoms with Crippen LogP contribution in [0.4, 0.5) is 4.39 Å². The summed E-state index contributed by atoms with van der Waals surface area (Å²) in [7, 11) is 1.51. The zero-order chi connectivity index (χ0) is 14.7. The summed E-state index contributed by atoms with van der Waals surface area (Å²) in [4.78, 5) is 3.96. The molecule has 1 aromatic carbocycles. The zero-order valence-electron chi connectivity index (χ0n) is 10.5. The highest BCUT2D eigenvalue weighted by molar-refractivity contribution is 9.10. The fourth-order valence-electron chi connectivity index (χ4n) is 1.91. The van der Waals surface area contributed by atoms with Crippen LogP contribution in [0.15, 0.2) is 35.1 Å². The second kappa shape index (κ2) is 6.49. The van der Waals surface area contributed by atoms with Crippen LogP contribution in [-0.4, -0.2) is 12.1 Å². The molecule has 1 aromatic heterocycles. The first kappa shape index (κ1) is 15.2. The van der Waals surface area contributed by atoms with Crippen molar-refractivity contribution < 1.29 is 9.13 Å². The number of nitrogens with zero attached hydrogens (tertiary/aromatic N) is 1. The molecule has 1 heterocycles. The summed E-state index contributed by atoms with van der Waals surface area (Å²) in [5, 5.41) is 0.00997. The van der Waals surface area contributed by atoms with E-state index in [9.17, 15) is 4.39 Å². The van der Waals surface area contributed by atoms with Gasteiger partial charge in [0, 0.05) is 21.8 Å². The molecule has 0 aliphatic carbocycles. The highest BCUT2D eigenvalue weighted by atomic mass is 79.9. The zero-order valence-corrected chi connectivity index (χ0v) is 12.9. The van der Waals surface area contributed by atoms with Gasteiger partial charge in [-0.1, -0.05) is 17.7 Å². The fraction of sp³-hybridized carbons (Fsp3) is 0.154. The van der Waals surface area contributed by atoms with E-state index in [4.69, 9.17) is 22.2 Å². The second-order valence-electron chi connectivity index (χ2n) is 3.98. The predicted molar refractivity (Wildman–Crippen MR) is 79.1 cm³/mol. The Labute approximate surface area is 129 Å². The van der Waals surface area contributed by atoms with E-state index in [-0.39, 0.29) is 5.02 Å². The van der Waals surface area contributed by atoms with Crippen LogP contribution in [0.25, 0.3) is 0 Å². The Morgan fingerprint density at radius 3 is 2.80 bits per heavy atom. The lowest BCUT2D eigenvalue weighted by atomic mass is 9.99. The van der Waals surface area contributed by atoms with Gasteiger partial charge in [0.25, 0.3) is 0 Å². The third-order valence-electron chi connectivity index (χ3n) is 2.89. The summed E-state index contributed by atoms with van der Waals surface area (Å²) in [6.45, 7) is 0. The summed E-state index contributed by atoms with van der Waals surface area (Å²) in [6, 6.07) is 4.38. The van der Waals surface area contributed by atoms with Gasteiger partial charge in [0.05, 0.1) is 24.4 Å². The molecule has 0 aliphatic heterocycles. The minimum absolute atomic E-state index is 0.00997. The van der Waals surface area contributed by atoms with Crippen molar-refractivity contribution >= 4 is 27.5 Å². The number of nitrogens with two attached hydrogens (primary N) is 1. The molecule has 0 spiro atoms. The largest absolute Gasteiger partial charge is 0.495 e. The van der Waals surface area contributed by atoms with Crippen molar-refractivity contribution in [3.63, 3.8) is 0 Å². The van der Waals surface area contributed by atoms with E-state index in [0.717, 1.165) is 0 Å². The van der Waals surface area contributed by atoms with Crippen LogP contribution in [0.2, 0.25) is 5.02 Å². The number of nitrogens with one attached hydrogen (secondary N) is 1. The van der Waals surface area contributed by atoms with Crippen LogP contribution < -0.4 is 16.0 Å². The van der Waals surface area contributed by atoms with Crippen molar-refractivity contribution in [2.24, 2.45) is 5.84 Å². The summed E-state index contributed by atoms with van der Waals surface area (Å²) < 4.78 is 20.0. The quantitative estimate of drug-likeness (QED) is 0.499. The number of hydrazine groups is 1. The third-order valence-corrected chi connectivity index (χ3v) is 4.15. The van der Waals surface area contributed by atoms with Crippen LogP contribution in [0.5, 0.6) is 5.75 Å². The smallest absolute Gasteiger partial charge is 0.148 e. The van der Waals surface area contributed by atoms with Gasteiger partial charge in [-0.05, 0) is 28.1 Å². The van der Waals surface area contributed by atoms with E-state index in [1.165, 1.54) is 13.3 Å². The Balaban J connectivity index is 2.56. The van der Waals surface area contributed by atoms with Gasteiger partial charge in [-0.3, -0.25) is 10.8 Å². The lowest BCUT2D eigenvalue weighted by molar-refractivity contribution is 0.401. The van der Waals surface area contributed by atoms with E-state index < -0.39 is 11.9 Å². The van der Waals surface area contributed by atoms with Crippen LogP contribution in [0.1, 0.15) is 17.2 Å². The number of ether oxygens (including phenoxy) is 1. The minimum atomic E-state index is -0.599. The number of rotatable bonds is 4. The Bertz CT molecular complexity index is 627. The fourth-order valence-corrected chi connectivity index (χ4v) is 2.39. The van der Waals surface area contributed by atoms with E-state index in [1.807, 2.05) is 0 Å². The van der Waals surface area contributed by atoms with Crippen LogP contribution in [0, 0.1) is 5.82 Å². The van der Waals surface area contributed by atoms with E-state index in [1.54, 1.807) is 24.4 Å². The second-order valence-corrected chi connectivity index (χ2v) is 5.21. The molecule has 106 valence electrons. The first-order chi connectivity index (χ1) is 9.60. The van der Waals surface area contributed by atoms with Crippen molar-refractivity contribution in [1.82, 2.24) is 10.4 Å². The van der Waals surface area contributed by atoms with E-state index >= 15 is 0 Å². The Hall–Kier alpha value is -1.21. The maximum absolute atomic E-state index is 14.3. The topological polar surface area (TPSA) is 60.2 Å². The van der Waals surface area contributed by atoms with Crippen molar-refractivity contribution in [2.75, 3.05) is 7.11 Å². The molecular weight excluding hydrogens is 349 g/mol. The number of hydrogen-bond acceptors (Lipinski definition) is 4. The molecule has 2 rings (SSSR count). The number of benzene rings is 1. The Morgan fingerprint density at radius 1 is 1.40 bits per heavy atom. The number of hydrogen-bond donors (Lipinski definition) is 2. The van der Waals surface area contributed by atoms with Crippen molar-refractivity contribution in [3.8, 4) is 5.75 Å². The predicted octanol–water partition coefficient (Wildman–Crippen LogP) is 3.20. The molecule has 7 heteroatoms. The molecule has 1 unspecified atom stereocenters. The first-order valence-electron chi connectivity index (χ1n) is 5.67. The van der Waals surface area contributed by atoms with Gasteiger partial charge in [-0.2, -0.15) is 0 Å². The van der Waals surface area contributed by atoms with Gasteiger partial charge in [-0.15, -0.1) is 0 Å². The SMILES string of the molecule is COc1cnccc1C(NN)c1ccc(Br)c(Cl)c1F. The third kappa shape index (κ3) is 2.78. The monoisotopic (exact) mass is 359 g/mol. The molecule has 4 nitrogen and oxygen atoms in total. The molecule has 2 aromatic rings. The molecule has 1 atom stereocenters.